The second-order valence-corrected chi connectivity index (χ2v) is 0. The first-order valence-corrected chi connectivity index (χ1v) is 0. The summed E-state index contributed by atoms with van der Waals surface area (Å²) in [6, 6.07) is 0. The predicted molar refractivity (Wildman–Crippen MR) is 17.2 cm³/mol. The Hall–Kier alpha value is 3.19. The minimum Gasteiger partial charge on any atom is -1.00 e. The number of hydrogen-bond acceptors (Lipinski definition) is 0. The molecule has 0 saturated heterocycles. The molecular weight excluding hydrogens is 430 g/mol. The molecule has 0 unspecified atom stereocenters. The molecule has 0 saturated carbocycles. The fourth-order valence-corrected chi connectivity index (χ4v) is 0. The van der Waals surface area contributed by atoms with Crippen molar-refractivity contribution < 1.29 is 55.9 Å². The molecule has 16 valence electrons. The van der Waals surface area contributed by atoms with Gasteiger partial charge in [-0.15, -0.1) is 17.0 Å². The van der Waals surface area contributed by atoms with Crippen LogP contribution >= 0.6 is 17.0 Å². The smallest absolute Gasteiger partial charge is 1.00 e. The third-order valence-corrected chi connectivity index (χ3v) is 0. The summed E-state index contributed by atoms with van der Waals surface area (Å²) in [5.74, 6) is 0. The molecule has 2 radical (unpaired) electrons. The molecule has 0 atom stereocenters. The molecule has 0 spiro atoms. The van der Waals surface area contributed by atoms with E-state index < -0.39 is 0 Å². The van der Waals surface area contributed by atoms with Crippen molar-refractivity contribution in [1.82, 2.24) is 0 Å². The molecule has 0 aromatic carbocycles. The van der Waals surface area contributed by atoms with Crippen LogP contribution in [0.25, 0.3) is 0 Å². The molecule has 0 heterocycles. The summed E-state index contributed by atoms with van der Waals surface area (Å²) in [6.07, 6.45) is 0. The minimum atomic E-state index is 0. The molecule has 0 aliphatic heterocycles. The van der Waals surface area contributed by atoms with Gasteiger partial charge < -0.3 is 1.43 Å². The minimum absolute atomic E-state index is 0. The fourth-order valence-electron chi connectivity index (χ4n) is 0. The summed E-state index contributed by atoms with van der Waals surface area (Å²) >= 11 is 0. The molecule has 0 aliphatic rings. The first kappa shape index (κ1) is 27.1. The molecule has 4 heavy (non-hydrogen) atoms. The Morgan fingerprint density at radius 3 is 1.25 bits per heavy atom. The van der Waals surface area contributed by atoms with E-state index in [0.29, 0.717) is 0 Å². The van der Waals surface area contributed by atoms with Crippen molar-refractivity contribution in [3.05, 3.63) is 0 Å². The van der Waals surface area contributed by atoms with Gasteiger partial charge in [0, 0.05) is 62.9 Å². The Morgan fingerprint density at radius 1 is 1.25 bits per heavy atom. The Morgan fingerprint density at radius 2 is 1.25 bits per heavy atom. The third-order valence-electron chi connectivity index (χ3n) is 0. The second kappa shape index (κ2) is 16.4. The Bertz CT molecular complexity index is 11.6. The average Bonchev–Trinajstić information content (AvgIpc) is 0. The van der Waals surface area contributed by atoms with Gasteiger partial charge in [0.1, 0.15) is 0 Å². The van der Waals surface area contributed by atoms with Crippen LogP contribution in [0.5, 0.6) is 0 Å². The van der Waals surface area contributed by atoms with Gasteiger partial charge >= 0.3 is 18.9 Å². The molecule has 0 aliphatic carbocycles. The first-order chi connectivity index (χ1) is 0. The van der Waals surface area contributed by atoms with E-state index in [-0.39, 0.29) is 100 Å². The fraction of sp³-hybridized carbons (Fsp3) is 0. The summed E-state index contributed by atoms with van der Waals surface area (Å²) in [6.45, 7) is 0. The second-order valence-electron chi connectivity index (χ2n) is 0. The van der Waals surface area contributed by atoms with Crippen LogP contribution in [0.1, 0.15) is 1.43 Å². The molecule has 0 aromatic heterocycles. The van der Waals surface area contributed by atoms with Crippen LogP contribution in [0.3, 0.4) is 0 Å². The summed E-state index contributed by atoms with van der Waals surface area (Å²) in [4.78, 5) is 0. The van der Waals surface area contributed by atoms with Crippen molar-refractivity contribution in [2.75, 3.05) is 0 Å². The van der Waals surface area contributed by atoms with E-state index in [1.807, 2.05) is 0 Å². The molecule has 0 bridgehead atoms. The van der Waals surface area contributed by atoms with Crippen molar-refractivity contribution in [3.8, 4) is 0 Å². The zero-order valence-corrected chi connectivity index (χ0v) is 12.4. The largest absolute Gasteiger partial charge is 1.00 e. The van der Waals surface area contributed by atoms with E-state index >= 15 is 0 Å². The number of rotatable bonds is 0. The van der Waals surface area contributed by atoms with Crippen molar-refractivity contribution in [1.29, 1.82) is 0 Å². The van der Waals surface area contributed by atoms with Gasteiger partial charge in [-0.25, -0.2) is 0 Å². The van der Waals surface area contributed by atoms with Crippen LogP contribution < -0.4 is 18.9 Å². The maximum atomic E-state index is 0. The topological polar surface area (TPSA) is 0 Å². The Balaban J connectivity index is 0. The molecule has 0 N–H and O–H groups in total. The number of halogens is 1. The molecule has 0 nitrogen and oxygen atoms in total. The first-order valence-electron chi connectivity index (χ1n) is 0. The van der Waals surface area contributed by atoms with Crippen molar-refractivity contribution in [2.24, 2.45) is 0 Å². The Kier molecular flexibility index (Phi) is 111. The van der Waals surface area contributed by atoms with Crippen LogP contribution in [0, 0.1) is 35.6 Å². The average molecular weight is 432 g/mol. The van der Waals surface area contributed by atoms with Gasteiger partial charge in [0.15, 0.2) is 0 Å². The van der Waals surface area contributed by atoms with Gasteiger partial charge in [-0.05, 0) is 0 Å². The summed E-state index contributed by atoms with van der Waals surface area (Å²) in [7, 11) is 0. The zero-order valence-electron chi connectivity index (χ0n) is 3.56. The summed E-state index contributed by atoms with van der Waals surface area (Å²) in [5.41, 5.74) is 0. The van der Waals surface area contributed by atoms with Crippen LogP contribution in [-0.2, 0) is 0 Å². The maximum Gasteiger partial charge on any atom is 1.00 e. The van der Waals surface area contributed by atoms with Crippen LogP contribution in [-0.4, -0.2) is 27.3 Å². The SMILES string of the molecule is Br.[H-].[La].[Li+].[Tl]. The number of hydrogen-bond donors (Lipinski definition) is 0. The van der Waals surface area contributed by atoms with E-state index in [1.165, 1.54) is 0 Å². The molecule has 0 aromatic rings. The molecule has 4 heteroatoms. The van der Waals surface area contributed by atoms with E-state index in [9.17, 15) is 0 Å². The molecule has 0 rings (SSSR count). The zero-order chi connectivity index (χ0) is 0. The predicted octanol–water partition coefficient (Wildman–Crippen LogP) is -2.69. The van der Waals surface area contributed by atoms with Gasteiger partial charge in [0.25, 0.3) is 0 Å². The normalized spacial score (nSPS) is 0. The quantitative estimate of drug-likeness (QED) is 0.366. The summed E-state index contributed by atoms with van der Waals surface area (Å²) < 4.78 is 0. The van der Waals surface area contributed by atoms with E-state index in [4.69, 9.17) is 0 Å². The van der Waals surface area contributed by atoms with Crippen LogP contribution in [0.15, 0.2) is 0 Å². The maximum absolute atomic E-state index is 0. The molecule has 0 amide bonds. The van der Waals surface area contributed by atoms with Gasteiger partial charge in [-0.1, -0.05) is 0 Å². The third kappa shape index (κ3) is 8.96. The van der Waals surface area contributed by atoms with Gasteiger partial charge in [-0.2, -0.15) is 0 Å². The van der Waals surface area contributed by atoms with E-state index in [1.54, 1.807) is 0 Å². The monoisotopic (exact) mass is 432 g/mol. The van der Waals surface area contributed by atoms with Crippen molar-refractivity contribution in [3.63, 3.8) is 0 Å². The van der Waals surface area contributed by atoms with Crippen molar-refractivity contribution in [2.45, 2.75) is 0 Å². The van der Waals surface area contributed by atoms with Crippen LogP contribution in [0.2, 0.25) is 0 Å². The molecular formula is H2BrLaLiTl. The van der Waals surface area contributed by atoms with Crippen molar-refractivity contribution >= 4 is 44.3 Å². The van der Waals surface area contributed by atoms with E-state index in [0.717, 1.165) is 0 Å². The van der Waals surface area contributed by atoms with Gasteiger partial charge in [0.05, 0.1) is 0 Å². The standard InChI is InChI=1S/BrH.La.Li.Tl.H/h1H;;;;/q;;+1;;-1. The van der Waals surface area contributed by atoms with E-state index in [2.05, 4.69) is 0 Å². The van der Waals surface area contributed by atoms with Crippen LogP contribution in [0.4, 0.5) is 0 Å². The molecule has 0 fully saturated rings. The summed E-state index contributed by atoms with van der Waals surface area (Å²) in [5, 5.41) is 0. The Labute approximate surface area is 98.0 Å². The van der Waals surface area contributed by atoms with Gasteiger partial charge in [0.2, 0.25) is 0 Å². The van der Waals surface area contributed by atoms with Gasteiger partial charge in [-0.3, -0.25) is 0 Å².